The zero-order valence-corrected chi connectivity index (χ0v) is 19.2. The van der Waals surface area contributed by atoms with Crippen LogP contribution in [0.15, 0.2) is 78.9 Å². The Kier molecular flexibility index (Phi) is 6.95. The fraction of sp³-hybridized carbons (Fsp3) is 0.154. The van der Waals surface area contributed by atoms with Crippen molar-refractivity contribution in [2.75, 3.05) is 20.8 Å². The molecule has 0 unspecified atom stereocenters. The highest BCUT2D eigenvalue weighted by Crippen LogP contribution is 2.33. The van der Waals surface area contributed by atoms with Crippen molar-refractivity contribution in [3.05, 3.63) is 95.1 Å². The molecule has 0 spiro atoms. The third kappa shape index (κ3) is 5.18. The van der Waals surface area contributed by atoms with E-state index < -0.39 is 0 Å². The van der Waals surface area contributed by atoms with Crippen LogP contribution in [0.5, 0.6) is 11.5 Å². The quantitative estimate of drug-likeness (QED) is 0.392. The normalized spacial score (nSPS) is 10.6. The Bertz CT molecular complexity index is 1250. The highest BCUT2D eigenvalue weighted by molar-refractivity contribution is 6.30. The van der Waals surface area contributed by atoms with Crippen molar-refractivity contribution in [2.24, 2.45) is 0 Å². The molecule has 0 bridgehead atoms. The zero-order chi connectivity index (χ0) is 23.2. The molecule has 7 heteroatoms. The number of carbonyl (C=O) groups is 1. The van der Waals surface area contributed by atoms with Gasteiger partial charge in [0, 0.05) is 23.2 Å². The van der Waals surface area contributed by atoms with Crippen LogP contribution in [0.4, 0.5) is 0 Å². The molecule has 0 saturated carbocycles. The van der Waals surface area contributed by atoms with E-state index in [1.807, 2.05) is 54.6 Å². The number of ether oxygens (including phenoxy) is 2. The second-order valence-electron chi connectivity index (χ2n) is 7.36. The van der Waals surface area contributed by atoms with Crippen molar-refractivity contribution in [3.8, 4) is 28.4 Å². The molecule has 4 aromatic rings. The SMILES string of the molecule is COc1ccc(-c2cc(C(=O)NCCc3ccccc3)n(-c3cccc(Cl)c3)n2)c(OC)c1. The first kappa shape index (κ1) is 22.4. The minimum atomic E-state index is -0.225. The van der Waals surface area contributed by atoms with Gasteiger partial charge < -0.3 is 14.8 Å². The van der Waals surface area contributed by atoms with Gasteiger partial charge in [-0.25, -0.2) is 4.68 Å². The molecule has 0 atom stereocenters. The van der Waals surface area contributed by atoms with E-state index in [4.69, 9.17) is 26.2 Å². The summed E-state index contributed by atoms with van der Waals surface area (Å²) in [6, 6.07) is 24.5. The molecule has 3 aromatic carbocycles. The van der Waals surface area contributed by atoms with Crippen molar-refractivity contribution >= 4 is 17.5 Å². The van der Waals surface area contributed by atoms with Gasteiger partial charge in [0.25, 0.3) is 5.91 Å². The highest BCUT2D eigenvalue weighted by atomic mass is 35.5. The molecule has 1 aromatic heterocycles. The van der Waals surface area contributed by atoms with Crippen LogP contribution in [0.2, 0.25) is 5.02 Å². The average molecular weight is 462 g/mol. The molecule has 168 valence electrons. The third-order valence-electron chi connectivity index (χ3n) is 5.22. The molecule has 0 saturated heterocycles. The lowest BCUT2D eigenvalue weighted by Gasteiger charge is -2.09. The second-order valence-corrected chi connectivity index (χ2v) is 7.80. The summed E-state index contributed by atoms with van der Waals surface area (Å²) >= 11 is 6.21. The van der Waals surface area contributed by atoms with Crippen molar-refractivity contribution in [1.82, 2.24) is 15.1 Å². The number of carbonyl (C=O) groups excluding carboxylic acids is 1. The van der Waals surface area contributed by atoms with Gasteiger partial charge in [0.15, 0.2) is 0 Å². The Labute approximate surface area is 197 Å². The topological polar surface area (TPSA) is 65.4 Å². The van der Waals surface area contributed by atoms with E-state index in [0.29, 0.717) is 40.1 Å². The first-order valence-corrected chi connectivity index (χ1v) is 10.9. The highest BCUT2D eigenvalue weighted by Gasteiger charge is 2.20. The van der Waals surface area contributed by atoms with Gasteiger partial charge in [-0.2, -0.15) is 5.10 Å². The number of benzene rings is 3. The van der Waals surface area contributed by atoms with E-state index in [2.05, 4.69) is 5.32 Å². The molecule has 0 aliphatic rings. The second kappa shape index (κ2) is 10.2. The summed E-state index contributed by atoms with van der Waals surface area (Å²) in [6.45, 7) is 0.505. The van der Waals surface area contributed by atoms with E-state index >= 15 is 0 Å². The molecule has 0 aliphatic heterocycles. The number of amides is 1. The monoisotopic (exact) mass is 461 g/mol. The Balaban J connectivity index is 1.68. The molecule has 1 amide bonds. The first-order chi connectivity index (χ1) is 16.1. The Hall–Kier alpha value is -3.77. The van der Waals surface area contributed by atoms with Gasteiger partial charge in [-0.15, -0.1) is 0 Å². The Morgan fingerprint density at radius 3 is 2.52 bits per heavy atom. The molecule has 6 nitrogen and oxygen atoms in total. The maximum atomic E-state index is 13.2. The minimum Gasteiger partial charge on any atom is -0.497 e. The van der Waals surface area contributed by atoms with Gasteiger partial charge in [0.2, 0.25) is 0 Å². The lowest BCUT2D eigenvalue weighted by molar-refractivity contribution is 0.0946. The molecule has 0 aliphatic carbocycles. The molecule has 1 N–H and O–H groups in total. The van der Waals surface area contributed by atoms with Crippen molar-refractivity contribution in [1.29, 1.82) is 0 Å². The Morgan fingerprint density at radius 2 is 1.79 bits per heavy atom. The van der Waals surface area contributed by atoms with Gasteiger partial charge in [0.1, 0.15) is 17.2 Å². The van der Waals surface area contributed by atoms with Crippen LogP contribution in [0.1, 0.15) is 16.1 Å². The number of hydrogen-bond acceptors (Lipinski definition) is 4. The van der Waals surface area contributed by atoms with Gasteiger partial charge in [0.05, 0.1) is 25.6 Å². The van der Waals surface area contributed by atoms with Crippen molar-refractivity contribution in [3.63, 3.8) is 0 Å². The average Bonchev–Trinajstić information content (AvgIpc) is 3.29. The van der Waals surface area contributed by atoms with Gasteiger partial charge in [-0.05, 0) is 48.4 Å². The molecule has 0 radical (unpaired) electrons. The number of aromatic nitrogens is 2. The largest absolute Gasteiger partial charge is 0.497 e. The number of nitrogens with zero attached hydrogens (tertiary/aromatic N) is 2. The van der Waals surface area contributed by atoms with Crippen LogP contribution in [0.25, 0.3) is 16.9 Å². The lowest BCUT2D eigenvalue weighted by atomic mass is 10.1. The zero-order valence-electron chi connectivity index (χ0n) is 18.4. The predicted molar refractivity (Wildman–Crippen MR) is 130 cm³/mol. The maximum absolute atomic E-state index is 13.2. The summed E-state index contributed by atoms with van der Waals surface area (Å²) in [4.78, 5) is 13.2. The molecular formula is C26H24ClN3O3. The summed E-state index contributed by atoms with van der Waals surface area (Å²) in [5.41, 5.74) is 3.59. The van der Waals surface area contributed by atoms with E-state index in [1.165, 1.54) is 0 Å². The fourth-order valence-corrected chi connectivity index (χ4v) is 3.73. The molecule has 1 heterocycles. The Morgan fingerprint density at radius 1 is 0.970 bits per heavy atom. The summed E-state index contributed by atoms with van der Waals surface area (Å²) in [7, 11) is 3.18. The van der Waals surface area contributed by atoms with Gasteiger partial charge in [-0.3, -0.25) is 4.79 Å². The van der Waals surface area contributed by atoms with E-state index in [1.54, 1.807) is 43.2 Å². The number of halogens is 1. The molecule has 4 rings (SSSR count). The number of hydrogen-bond donors (Lipinski definition) is 1. The lowest BCUT2D eigenvalue weighted by Crippen LogP contribution is -2.27. The molecule has 0 fully saturated rings. The predicted octanol–water partition coefficient (Wildman–Crippen LogP) is 5.18. The summed E-state index contributed by atoms with van der Waals surface area (Å²) in [5.74, 6) is 1.04. The first-order valence-electron chi connectivity index (χ1n) is 10.5. The molecule has 33 heavy (non-hydrogen) atoms. The van der Waals surface area contributed by atoms with Crippen LogP contribution >= 0.6 is 11.6 Å². The van der Waals surface area contributed by atoms with Crippen molar-refractivity contribution in [2.45, 2.75) is 6.42 Å². The van der Waals surface area contributed by atoms with Crippen LogP contribution in [0.3, 0.4) is 0 Å². The summed E-state index contributed by atoms with van der Waals surface area (Å²) < 4.78 is 12.4. The van der Waals surface area contributed by atoms with Crippen LogP contribution in [0, 0.1) is 0 Å². The van der Waals surface area contributed by atoms with Gasteiger partial charge in [-0.1, -0.05) is 48.0 Å². The summed E-state index contributed by atoms with van der Waals surface area (Å²) in [5, 5.41) is 8.28. The van der Waals surface area contributed by atoms with Crippen LogP contribution < -0.4 is 14.8 Å². The standard InChI is InChI=1S/C26H24ClN3O3/c1-32-21-11-12-22(25(16-21)33-2)23-17-24(30(29-23)20-10-6-9-19(27)15-20)26(31)28-14-13-18-7-4-3-5-8-18/h3-12,15-17H,13-14H2,1-2H3,(H,28,31). The number of nitrogens with one attached hydrogen (secondary N) is 1. The minimum absolute atomic E-state index is 0.225. The van der Waals surface area contributed by atoms with E-state index in [-0.39, 0.29) is 5.91 Å². The van der Waals surface area contributed by atoms with E-state index in [0.717, 1.165) is 17.5 Å². The molecular weight excluding hydrogens is 438 g/mol. The van der Waals surface area contributed by atoms with Crippen LogP contribution in [-0.2, 0) is 6.42 Å². The maximum Gasteiger partial charge on any atom is 0.270 e. The number of methoxy groups -OCH3 is 2. The fourth-order valence-electron chi connectivity index (χ4n) is 3.54. The van der Waals surface area contributed by atoms with Gasteiger partial charge >= 0.3 is 0 Å². The van der Waals surface area contributed by atoms with Crippen molar-refractivity contribution < 1.29 is 14.3 Å². The smallest absolute Gasteiger partial charge is 0.270 e. The van der Waals surface area contributed by atoms with Crippen LogP contribution in [-0.4, -0.2) is 36.5 Å². The summed E-state index contributed by atoms with van der Waals surface area (Å²) in [6.07, 6.45) is 0.733. The third-order valence-corrected chi connectivity index (χ3v) is 5.46. The number of rotatable bonds is 8. The van der Waals surface area contributed by atoms with E-state index in [9.17, 15) is 4.79 Å².